The fraction of sp³-hybridized carbons (Fsp3) is 0.510. The van der Waals surface area contributed by atoms with Crippen LogP contribution < -0.4 is 5.32 Å². The van der Waals surface area contributed by atoms with E-state index in [1.165, 1.54) is 51.4 Å². The molecule has 1 amide bonds. The van der Waals surface area contributed by atoms with Crippen LogP contribution in [0.5, 0.6) is 0 Å². The number of rotatable bonds is 21. The summed E-state index contributed by atoms with van der Waals surface area (Å²) in [7, 11) is 0. The van der Waals surface area contributed by atoms with Crippen molar-refractivity contribution < 1.29 is 40.2 Å². The number of carbonyl (C=O) groups excluding carboxylic acids is 1. The second kappa shape index (κ2) is 36.0. The topological polar surface area (TPSA) is 160 Å². The van der Waals surface area contributed by atoms with E-state index in [1.807, 2.05) is 0 Å². The number of aliphatic hydroxyl groups is 6. The maximum Gasteiger partial charge on any atom is 0.232 e. The van der Waals surface area contributed by atoms with Crippen molar-refractivity contribution in [1.82, 2.24) is 5.32 Å². The second-order valence-electron chi connectivity index (χ2n) is 13.5. The summed E-state index contributed by atoms with van der Waals surface area (Å²) in [5.74, 6) is 56.1. The summed E-state index contributed by atoms with van der Waals surface area (Å²) in [5, 5.41) is 65.1. The highest BCUT2D eigenvalue weighted by molar-refractivity contribution is 5.79. The first-order valence-corrected chi connectivity index (χ1v) is 20.2. The number of aliphatic hydroxyl groups excluding tert-OH is 6. The fourth-order valence-electron chi connectivity index (χ4n) is 5.78. The number of hydrogen-bond donors (Lipinski definition) is 7. The molecule has 9 heteroatoms. The zero-order valence-electron chi connectivity index (χ0n) is 34.2. The van der Waals surface area contributed by atoms with Gasteiger partial charge in [-0.2, -0.15) is 0 Å². The third-order valence-electron chi connectivity index (χ3n) is 8.92. The van der Waals surface area contributed by atoms with E-state index >= 15 is 0 Å². The first-order valence-electron chi connectivity index (χ1n) is 20.2. The highest BCUT2D eigenvalue weighted by Gasteiger charge is 2.43. The van der Waals surface area contributed by atoms with E-state index in [4.69, 9.17) is 11.2 Å². The molecular formula is C51H53NO8. The summed E-state index contributed by atoms with van der Waals surface area (Å²) in [4.78, 5) is 12.8. The number of amides is 1. The van der Waals surface area contributed by atoms with Crippen molar-refractivity contribution in [3.63, 3.8) is 0 Å². The van der Waals surface area contributed by atoms with Gasteiger partial charge in [0, 0.05) is 35.5 Å². The third kappa shape index (κ3) is 26.0. The molecule has 60 heavy (non-hydrogen) atoms. The smallest absolute Gasteiger partial charge is 0.232 e. The molecule has 0 aromatic carbocycles. The normalized spacial score (nSPS) is 17.9. The lowest BCUT2D eigenvalue weighted by Crippen LogP contribution is -2.59. The van der Waals surface area contributed by atoms with Crippen molar-refractivity contribution in [3.05, 3.63) is 0 Å². The number of unbranched alkanes of at least 4 members (excludes halogenated alkanes) is 11. The average Bonchev–Trinajstić information content (AvgIpc) is 3.25. The molecule has 310 valence electrons. The molecule has 0 aliphatic carbocycles. The lowest BCUT2D eigenvalue weighted by molar-refractivity contribution is -0.231. The minimum Gasteiger partial charge on any atom is -0.394 e. The summed E-state index contributed by atoms with van der Waals surface area (Å²) in [6, 6.07) is -0.950. The van der Waals surface area contributed by atoms with Crippen LogP contribution in [0.2, 0.25) is 0 Å². The van der Waals surface area contributed by atoms with Crippen molar-refractivity contribution in [1.29, 1.82) is 0 Å². The SMILES string of the molecule is C#CC#CC#CC#CC#CC#CC#CC#CC#CC#CC#CC#CCC(=O)N[C@@H](CCC1OC(CO)C(O)C(O)C1O)[C@@H](O)[C@H](O)CCCCCCCCCCCCCC. The number of ether oxygens (including phenoxy) is 1. The van der Waals surface area contributed by atoms with Gasteiger partial charge in [0.05, 0.1) is 37.4 Å². The molecule has 0 aromatic rings. The van der Waals surface area contributed by atoms with Gasteiger partial charge in [0.15, 0.2) is 0 Å². The van der Waals surface area contributed by atoms with E-state index in [1.54, 1.807) is 0 Å². The van der Waals surface area contributed by atoms with Crippen molar-refractivity contribution in [3.8, 4) is 143 Å². The van der Waals surface area contributed by atoms with Crippen LogP contribution in [0.3, 0.4) is 0 Å². The lowest BCUT2D eigenvalue weighted by Gasteiger charge is -2.40. The maximum atomic E-state index is 12.8. The molecule has 7 N–H and O–H groups in total. The molecule has 5 unspecified atom stereocenters. The van der Waals surface area contributed by atoms with Gasteiger partial charge in [-0.05, 0) is 114 Å². The van der Waals surface area contributed by atoms with Crippen LogP contribution in [0.1, 0.15) is 110 Å². The van der Waals surface area contributed by atoms with Gasteiger partial charge in [0.25, 0.3) is 0 Å². The van der Waals surface area contributed by atoms with Gasteiger partial charge in [-0.1, -0.05) is 89.9 Å². The largest absolute Gasteiger partial charge is 0.394 e. The Kier molecular flexibility index (Phi) is 31.2. The van der Waals surface area contributed by atoms with E-state index in [2.05, 4.69) is 148 Å². The quantitative estimate of drug-likeness (QED) is 0.0686. The van der Waals surface area contributed by atoms with Crippen LogP contribution in [0, 0.1) is 143 Å². The van der Waals surface area contributed by atoms with Crippen molar-refractivity contribution in [2.75, 3.05) is 6.61 Å². The zero-order chi connectivity index (χ0) is 43.9. The molecule has 1 rings (SSSR count). The van der Waals surface area contributed by atoms with E-state index in [0.29, 0.717) is 12.8 Å². The minimum absolute atomic E-state index is 0.0391. The predicted octanol–water partition coefficient (Wildman–Crippen LogP) is 1.97. The molecule has 1 saturated heterocycles. The van der Waals surface area contributed by atoms with E-state index in [-0.39, 0.29) is 19.3 Å². The van der Waals surface area contributed by atoms with Crippen LogP contribution in [0.4, 0.5) is 0 Å². The van der Waals surface area contributed by atoms with Gasteiger partial charge in [-0.15, -0.1) is 6.42 Å². The maximum absolute atomic E-state index is 12.8. The summed E-state index contributed by atoms with van der Waals surface area (Å²) in [6.45, 7) is 1.64. The minimum atomic E-state index is -1.55. The van der Waals surface area contributed by atoms with Crippen molar-refractivity contribution >= 4 is 5.91 Å². The lowest BCUT2D eigenvalue weighted by atomic mass is 9.90. The molecule has 0 aromatic heterocycles. The Balaban J connectivity index is 2.69. The molecule has 1 aliphatic heterocycles. The molecular weight excluding hydrogens is 755 g/mol. The Bertz CT molecular complexity index is 2110. The summed E-state index contributed by atoms with van der Waals surface area (Å²) in [6.07, 6.45) is 9.97. The van der Waals surface area contributed by atoms with Gasteiger partial charge in [0.1, 0.15) is 24.4 Å². The molecule has 1 fully saturated rings. The number of hydrogen-bond acceptors (Lipinski definition) is 8. The summed E-state index contributed by atoms with van der Waals surface area (Å²) < 4.78 is 5.60. The molecule has 0 spiro atoms. The number of terminal acetylenes is 1. The van der Waals surface area contributed by atoms with Crippen LogP contribution >= 0.6 is 0 Å². The van der Waals surface area contributed by atoms with Gasteiger partial charge in [0.2, 0.25) is 5.91 Å². The first kappa shape index (κ1) is 51.9. The Morgan fingerprint density at radius 2 is 0.967 bits per heavy atom. The number of nitrogens with one attached hydrogen (secondary N) is 1. The molecule has 8 atom stereocenters. The zero-order valence-corrected chi connectivity index (χ0v) is 34.2. The first-order chi connectivity index (χ1) is 29.3. The summed E-state index contributed by atoms with van der Waals surface area (Å²) >= 11 is 0. The Morgan fingerprint density at radius 3 is 1.40 bits per heavy atom. The van der Waals surface area contributed by atoms with E-state index in [9.17, 15) is 35.4 Å². The third-order valence-corrected chi connectivity index (χ3v) is 8.92. The highest BCUT2D eigenvalue weighted by atomic mass is 16.5. The van der Waals surface area contributed by atoms with E-state index in [0.717, 1.165) is 19.3 Å². The number of carbonyl (C=O) groups is 1. The fourth-order valence-corrected chi connectivity index (χ4v) is 5.78. The van der Waals surface area contributed by atoms with Crippen LogP contribution in [-0.2, 0) is 9.53 Å². The highest BCUT2D eigenvalue weighted by Crippen LogP contribution is 2.25. The standard InChI is InChI=1S/C51H53NO8/c1-3-5-7-9-11-13-15-17-18-19-20-21-22-23-24-25-26-27-29-31-33-35-37-39-47(55)52-43(40-41-45-49(57)51(59)50(58)46(42-53)60-45)48(56)44(54)38-36-34-32-30-28-16-14-12-10-8-6-4-2/h1,43-46,48-51,53-54,56-59H,4,6,8,10,12,14,16,28,30,32,34,36,38-42H2,2H3,(H,52,55)/t43-,44+,45?,46?,48+,49?,50?,51?/m0/s1. The molecule has 1 heterocycles. The Hall–Kier alpha value is -6.09. The van der Waals surface area contributed by atoms with Crippen molar-refractivity contribution in [2.45, 2.75) is 158 Å². The molecule has 0 radical (unpaired) electrons. The molecule has 0 saturated carbocycles. The van der Waals surface area contributed by atoms with E-state index < -0.39 is 61.3 Å². The molecule has 0 bridgehead atoms. The average molecular weight is 808 g/mol. The van der Waals surface area contributed by atoms with Crippen LogP contribution in [-0.4, -0.2) is 91.9 Å². The second-order valence-corrected chi connectivity index (χ2v) is 13.5. The monoisotopic (exact) mass is 807 g/mol. The summed E-state index contributed by atoms with van der Waals surface area (Å²) in [5.41, 5.74) is 0. The van der Waals surface area contributed by atoms with Gasteiger partial charge in [-0.3, -0.25) is 4.79 Å². The van der Waals surface area contributed by atoms with Crippen LogP contribution in [0.25, 0.3) is 0 Å². The molecule has 1 aliphatic rings. The van der Waals surface area contributed by atoms with Gasteiger partial charge >= 0.3 is 0 Å². The van der Waals surface area contributed by atoms with Gasteiger partial charge in [-0.25, -0.2) is 0 Å². The molecule has 9 nitrogen and oxygen atoms in total. The van der Waals surface area contributed by atoms with Crippen molar-refractivity contribution in [2.24, 2.45) is 0 Å². The van der Waals surface area contributed by atoms with Gasteiger partial charge < -0.3 is 40.7 Å². The van der Waals surface area contributed by atoms with Crippen LogP contribution in [0.15, 0.2) is 0 Å². The predicted molar refractivity (Wildman–Crippen MR) is 232 cm³/mol. The Morgan fingerprint density at radius 1 is 0.567 bits per heavy atom. The Labute approximate surface area is 358 Å².